The van der Waals surface area contributed by atoms with Gasteiger partial charge in [0, 0.05) is 17.0 Å². The number of anilines is 1. The van der Waals surface area contributed by atoms with Gasteiger partial charge in [-0.3, -0.25) is 10.1 Å². The number of nitrogens with one attached hydrogen (secondary N) is 1. The van der Waals surface area contributed by atoms with Gasteiger partial charge in [-0.1, -0.05) is 18.2 Å². The van der Waals surface area contributed by atoms with E-state index in [0.717, 1.165) is 32.8 Å². The lowest BCUT2D eigenvalue weighted by Crippen LogP contribution is -2.07. The lowest BCUT2D eigenvalue weighted by atomic mass is 10.2. The molecule has 0 saturated carbocycles. The number of methoxy groups -OCH3 is 2. The molecule has 5 nitrogen and oxygen atoms in total. The smallest absolute Gasteiger partial charge is 0.250 e. The Balaban J connectivity index is 1.66. The standard InChI is InChI=1S/C20H17BrN2O3S/c1-25-15-5-3-4-14(11-15)17-12-27-20(22-17)23-19(24)9-7-13-6-8-18(26-2)16(21)10-13/h3-12H,1-2H3,(H,22,23,24). The molecular formula is C20H17BrN2O3S. The maximum atomic E-state index is 12.2. The van der Waals surface area contributed by atoms with Crippen LogP contribution in [0.2, 0.25) is 0 Å². The van der Waals surface area contributed by atoms with Crippen LogP contribution in [0, 0.1) is 0 Å². The molecule has 1 N–H and O–H groups in total. The molecule has 0 radical (unpaired) electrons. The Morgan fingerprint density at radius 3 is 2.78 bits per heavy atom. The number of thiazole rings is 1. The highest BCUT2D eigenvalue weighted by Crippen LogP contribution is 2.28. The van der Waals surface area contributed by atoms with E-state index in [0.29, 0.717) is 5.13 Å². The van der Waals surface area contributed by atoms with Crippen molar-refractivity contribution in [1.82, 2.24) is 4.98 Å². The number of carbonyl (C=O) groups excluding carboxylic acids is 1. The molecule has 7 heteroatoms. The fourth-order valence-corrected chi connectivity index (χ4v) is 3.63. The van der Waals surface area contributed by atoms with Gasteiger partial charge in [-0.15, -0.1) is 11.3 Å². The molecule has 1 aromatic heterocycles. The molecule has 0 bridgehead atoms. The Labute approximate surface area is 169 Å². The molecule has 3 rings (SSSR count). The van der Waals surface area contributed by atoms with E-state index in [9.17, 15) is 4.79 Å². The number of amides is 1. The average molecular weight is 445 g/mol. The molecule has 0 aliphatic rings. The molecule has 0 spiro atoms. The van der Waals surface area contributed by atoms with E-state index >= 15 is 0 Å². The van der Waals surface area contributed by atoms with Crippen LogP contribution in [0.5, 0.6) is 11.5 Å². The molecule has 3 aromatic rings. The minimum atomic E-state index is -0.242. The van der Waals surface area contributed by atoms with Crippen LogP contribution in [0.1, 0.15) is 5.56 Å². The SMILES string of the molecule is COc1cccc(-c2csc(NC(=O)C=Cc3ccc(OC)c(Br)c3)n2)c1. The highest BCUT2D eigenvalue weighted by atomic mass is 79.9. The highest BCUT2D eigenvalue weighted by Gasteiger charge is 2.07. The van der Waals surface area contributed by atoms with Crippen molar-refractivity contribution in [2.24, 2.45) is 0 Å². The minimum absolute atomic E-state index is 0.242. The van der Waals surface area contributed by atoms with Gasteiger partial charge in [0.2, 0.25) is 5.91 Å². The first-order valence-electron chi connectivity index (χ1n) is 8.01. The normalized spacial score (nSPS) is 10.8. The number of hydrogen-bond donors (Lipinski definition) is 1. The quantitative estimate of drug-likeness (QED) is 0.527. The predicted molar refractivity (Wildman–Crippen MR) is 112 cm³/mol. The van der Waals surface area contributed by atoms with E-state index < -0.39 is 0 Å². The van der Waals surface area contributed by atoms with Gasteiger partial charge in [0.1, 0.15) is 11.5 Å². The third-order valence-electron chi connectivity index (χ3n) is 3.70. The van der Waals surface area contributed by atoms with E-state index in [1.165, 1.54) is 17.4 Å². The molecule has 0 aliphatic heterocycles. The minimum Gasteiger partial charge on any atom is -0.497 e. The molecule has 0 fully saturated rings. The number of carbonyl (C=O) groups is 1. The molecule has 1 amide bonds. The van der Waals surface area contributed by atoms with Crippen LogP contribution >= 0.6 is 27.3 Å². The van der Waals surface area contributed by atoms with Crippen molar-refractivity contribution in [2.75, 3.05) is 19.5 Å². The third-order valence-corrected chi connectivity index (χ3v) is 5.08. The van der Waals surface area contributed by atoms with E-state index in [1.54, 1.807) is 20.3 Å². The first kappa shape index (κ1) is 19.1. The highest BCUT2D eigenvalue weighted by molar-refractivity contribution is 9.10. The molecule has 0 saturated heterocycles. The molecular weight excluding hydrogens is 428 g/mol. The van der Waals surface area contributed by atoms with Gasteiger partial charge in [-0.25, -0.2) is 4.98 Å². The second-order valence-electron chi connectivity index (χ2n) is 5.49. The fraction of sp³-hybridized carbons (Fsp3) is 0.100. The molecule has 0 unspecified atom stereocenters. The Hall–Kier alpha value is -2.64. The molecule has 0 aliphatic carbocycles. The van der Waals surface area contributed by atoms with Gasteiger partial charge < -0.3 is 9.47 Å². The van der Waals surface area contributed by atoms with Crippen LogP contribution in [0.3, 0.4) is 0 Å². The summed E-state index contributed by atoms with van der Waals surface area (Å²) in [5.74, 6) is 1.26. The average Bonchev–Trinajstić information content (AvgIpc) is 3.15. The number of ether oxygens (including phenoxy) is 2. The van der Waals surface area contributed by atoms with Gasteiger partial charge in [-0.05, 0) is 51.8 Å². The summed E-state index contributed by atoms with van der Waals surface area (Å²) >= 11 is 4.80. The number of hydrogen-bond acceptors (Lipinski definition) is 5. The third kappa shape index (κ3) is 4.96. The van der Waals surface area contributed by atoms with Gasteiger partial charge in [0.25, 0.3) is 0 Å². The van der Waals surface area contributed by atoms with Crippen LogP contribution in [-0.4, -0.2) is 25.1 Å². The van der Waals surface area contributed by atoms with Crippen molar-refractivity contribution >= 4 is 44.4 Å². The van der Waals surface area contributed by atoms with Gasteiger partial charge in [0.15, 0.2) is 5.13 Å². The van der Waals surface area contributed by atoms with Crippen LogP contribution in [0.25, 0.3) is 17.3 Å². The lowest BCUT2D eigenvalue weighted by molar-refractivity contribution is -0.111. The largest absolute Gasteiger partial charge is 0.497 e. The second-order valence-corrected chi connectivity index (χ2v) is 7.20. The van der Waals surface area contributed by atoms with Crippen molar-refractivity contribution in [3.63, 3.8) is 0 Å². The zero-order valence-electron chi connectivity index (χ0n) is 14.7. The summed E-state index contributed by atoms with van der Waals surface area (Å²) in [6, 6.07) is 13.2. The Kier molecular flexibility index (Phi) is 6.26. The topological polar surface area (TPSA) is 60.5 Å². The van der Waals surface area contributed by atoms with E-state index in [1.807, 2.05) is 47.8 Å². The fourth-order valence-electron chi connectivity index (χ4n) is 2.35. The molecule has 2 aromatic carbocycles. The Morgan fingerprint density at radius 1 is 1.19 bits per heavy atom. The van der Waals surface area contributed by atoms with Crippen molar-refractivity contribution in [3.05, 3.63) is 64.0 Å². The van der Waals surface area contributed by atoms with Crippen LogP contribution in [0.4, 0.5) is 5.13 Å². The number of aromatic nitrogens is 1. The van der Waals surface area contributed by atoms with Crippen LogP contribution < -0.4 is 14.8 Å². The van der Waals surface area contributed by atoms with E-state index in [2.05, 4.69) is 26.2 Å². The maximum Gasteiger partial charge on any atom is 0.250 e. The number of nitrogens with zero attached hydrogens (tertiary/aromatic N) is 1. The summed E-state index contributed by atoms with van der Waals surface area (Å²) < 4.78 is 11.3. The number of benzene rings is 2. The Bertz CT molecular complexity index is 985. The van der Waals surface area contributed by atoms with Crippen molar-refractivity contribution < 1.29 is 14.3 Å². The molecule has 0 atom stereocenters. The van der Waals surface area contributed by atoms with E-state index in [4.69, 9.17) is 9.47 Å². The lowest BCUT2D eigenvalue weighted by Gasteiger charge is -2.03. The molecule has 1 heterocycles. The first-order valence-corrected chi connectivity index (χ1v) is 9.69. The maximum absolute atomic E-state index is 12.2. The summed E-state index contributed by atoms with van der Waals surface area (Å²) in [5.41, 5.74) is 2.61. The summed E-state index contributed by atoms with van der Waals surface area (Å²) in [5, 5.41) is 5.22. The van der Waals surface area contributed by atoms with Gasteiger partial charge >= 0.3 is 0 Å². The van der Waals surface area contributed by atoms with E-state index in [-0.39, 0.29) is 5.91 Å². The van der Waals surface area contributed by atoms with Crippen LogP contribution in [0.15, 0.2) is 58.4 Å². The summed E-state index contributed by atoms with van der Waals surface area (Å²) in [7, 11) is 3.23. The summed E-state index contributed by atoms with van der Waals surface area (Å²) in [6.07, 6.45) is 3.21. The zero-order chi connectivity index (χ0) is 19.2. The zero-order valence-corrected chi connectivity index (χ0v) is 17.1. The molecule has 27 heavy (non-hydrogen) atoms. The number of halogens is 1. The van der Waals surface area contributed by atoms with Crippen LogP contribution in [-0.2, 0) is 4.79 Å². The second kappa shape index (κ2) is 8.83. The Morgan fingerprint density at radius 2 is 2.04 bits per heavy atom. The predicted octanol–water partition coefficient (Wildman–Crippen LogP) is 5.24. The summed E-state index contributed by atoms with van der Waals surface area (Å²) in [6.45, 7) is 0. The van der Waals surface area contributed by atoms with Gasteiger partial charge in [-0.2, -0.15) is 0 Å². The summed E-state index contributed by atoms with van der Waals surface area (Å²) in [4.78, 5) is 16.6. The van der Waals surface area contributed by atoms with Crippen molar-refractivity contribution in [3.8, 4) is 22.8 Å². The van der Waals surface area contributed by atoms with Crippen molar-refractivity contribution in [1.29, 1.82) is 0 Å². The van der Waals surface area contributed by atoms with Crippen molar-refractivity contribution in [2.45, 2.75) is 0 Å². The molecule has 138 valence electrons. The monoisotopic (exact) mass is 444 g/mol. The first-order chi connectivity index (χ1) is 13.1. The number of rotatable bonds is 6. The van der Waals surface area contributed by atoms with Gasteiger partial charge in [0.05, 0.1) is 24.4 Å².